The molecule has 101 valence electrons. The van der Waals surface area contributed by atoms with E-state index in [9.17, 15) is 0 Å². The molecule has 0 bridgehead atoms. The second-order valence-electron chi connectivity index (χ2n) is 5.12. The van der Waals surface area contributed by atoms with Gasteiger partial charge in [0.15, 0.2) is 0 Å². The number of aryl methyl sites for hydroxylation is 3. The van der Waals surface area contributed by atoms with Crippen molar-refractivity contribution in [3.05, 3.63) is 36.0 Å². The van der Waals surface area contributed by atoms with Crippen molar-refractivity contribution in [1.82, 2.24) is 4.98 Å². The highest BCUT2D eigenvalue weighted by Crippen LogP contribution is 2.13. The molecule has 1 aromatic rings. The van der Waals surface area contributed by atoms with Crippen molar-refractivity contribution in [3.8, 4) is 0 Å². The van der Waals surface area contributed by atoms with Gasteiger partial charge in [-0.05, 0) is 56.2 Å². The Morgan fingerprint density at radius 1 is 0.889 bits per heavy atom. The number of aromatic nitrogens is 1. The van der Waals surface area contributed by atoms with Gasteiger partial charge in [0, 0.05) is 11.4 Å². The molecule has 0 aromatic carbocycles. The highest BCUT2D eigenvalue weighted by molar-refractivity contribution is 5.22. The van der Waals surface area contributed by atoms with Crippen LogP contribution in [0.5, 0.6) is 0 Å². The van der Waals surface area contributed by atoms with Crippen LogP contribution in [0.1, 0.15) is 69.3 Å². The van der Waals surface area contributed by atoms with Crippen LogP contribution < -0.4 is 0 Å². The predicted octanol–water partition coefficient (Wildman–Crippen LogP) is 4.92. The zero-order chi connectivity index (χ0) is 13.2. The van der Waals surface area contributed by atoms with Crippen molar-refractivity contribution in [3.63, 3.8) is 0 Å². The molecule has 1 heterocycles. The minimum absolute atomic E-state index is 1.02. The first-order chi connectivity index (χ1) is 8.80. The topological polar surface area (TPSA) is 12.9 Å². The van der Waals surface area contributed by atoms with Crippen molar-refractivity contribution in [2.45, 2.75) is 71.6 Å². The molecule has 0 amide bonds. The highest BCUT2D eigenvalue weighted by atomic mass is 14.7. The van der Waals surface area contributed by atoms with Crippen LogP contribution in [0.4, 0.5) is 0 Å². The normalized spacial score (nSPS) is 10.8. The number of pyridine rings is 1. The summed E-state index contributed by atoms with van der Waals surface area (Å²) in [4.78, 5) is 4.80. The van der Waals surface area contributed by atoms with Gasteiger partial charge < -0.3 is 0 Å². The van der Waals surface area contributed by atoms with Gasteiger partial charge in [0.25, 0.3) is 0 Å². The Bertz CT molecular complexity index is 266. The number of hydrogen-bond acceptors (Lipinski definition) is 1. The van der Waals surface area contributed by atoms with Crippen LogP contribution in [-0.4, -0.2) is 4.98 Å². The maximum Gasteiger partial charge on any atom is 0.0409 e. The van der Waals surface area contributed by atoms with Gasteiger partial charge in [-0.3, -0.25) is 4.98 Å². The quantitative estimate of drug-likeness (QED) is 0.602. The Kier molecular flexibility index (Phi) is 7.71. The minimum Gasteiger partial charge on any atom is -0.258 e. The Hall–Kier alpha value is -0.850. The largest absolute Gasteiger partial charge is 0.258 e. The van der Waals surface area contributed by atoms with Crippen LogP contribution in [0, 0.1) is 6.92 Å². The number of nitrogens with zero attached hydrogens (tertiary/aromatic N) is 1. The van der Waals surface area contributed by atoms with E-state index in [4.69, 9.17) is 4.98 Å². The Morgan fingerprint density at radius 3 is 1.89 bits per heavy atom. The van der Waals surface area contributed by atoms with Crippen molar-refractivity contribution in [1.29, 1.82) is 0 Å². The first-order valence-electron chi connectivity index (χ1n) is 7.58. The molecule has 0 unspecified atom stereocenters. The molecule has 1 rings (SSSR count). The molecule has 1 nitrogen and oxygen atoms in total. The summed E-state index contributed by atoms with van der Waals surface area (Å²) in [5.41, 5.74) is 4.06. The summed E-state index contributed by atoms with van der Waals surface area (Å²) in [5, 5.41) is 0. The number of unbranched alkanes of at least 4 members (excludes halogenated alkanes) is 3. The molecule has 1 aromatic heterocycles. The fraction of sp³-hybridized carbons (Fsp3) is 0.647. The summed E-state index contributed by atoms with van der Waals surface area (Å²) in [6.07, 6.45) is 10.6. The van der Waals surface area contributed by atoms with Gasteiger partial charge in [0.2, 0.25) is 0 Å². The lowest BCUT2D eigenvalue weighted by Gasteiger charge is -2.08. The van der Waals surface area contributed by atoms with E-state index < -0.39 is 0 Å². The fourth-order valence-electron chi connectivity index (χ4n) is 2.16. The zero-order valence-corrected chi connectivity index (χ0v) is 12.2. The second-order valence-corrected chi connectivity index (χ2v) is 5.12. The molecule has 1 radical (unpaired) electrons. The molecular formula is C17H28N. The average molecular weight is 246 g/mol. The third-order valence-corrected chi connectivity index (χ3v) is 3.28. The standard InChI is InChI=1S/C17H28N/c1-4-7-10-15-13-16(11-8-5-2)18-17(14-15)12-9-6-3/h13-14H,1,4-12H2,2-3H3. The predicted molar refractivity (Wildman–Crippen MR) is 79.8 cm³/mol. The summed E-state index contributed by atoms with van der Waals surface area (Å²) < 4.78 is 0. The van der Waals surface area contributed by atoms with E-state index in [0.29, 0.717) is 0 Å². The summed E-state index contributed by atoms with van der Waals surface area (Å²) in [7, 11) is 0. The molecule has 0 atom stereocenters. The lowest BCUT2D eigenvalue weighted by Crippen LogP contribution is -2.00. The molecule has 0 N–H and O–H groups in total. The molecular weight excluding hydrogens is 218 g/mol. The maximum absolute atomic E-state index is 4.80. The molecule has 0 fully saturated rings. The van der Waals surface area contributed by atoms with Gasteiger partial charge in [-0.15, -0.1) is 0 Å². The van der Waals surface area contributed by atoms with Gasteiger partial charge >= 0.3 is 0 Å². The van der Waals surface area contributed by atoms with Crippen molar-refractivity contribution in [2.75, 3.05) is 0 Å². The van der Waals surface area contributed by atoms with Gasteiger partial charge in [-0.25, -0.2) is 0 Å². The van der Waals surface area contributed by atoms with E-state index in [2.05, 4.69) is 32.9 Å². The summed E-state index contributed by atoms with van der Waals surface area (Å²) in [6, 6.07) is 4.61. The Morgan fingerprint density at radius 2 is 1.44 bits per heavy atom. The molecule has 0 saturated heterocycles. The van der Waals surface area contributed by atoms with Gasteiger partial charge in [-0.1, -0.05) is 40.0 Å². The number of hydrogen-bond donors (Lipinski definition) is 0. The van der Waals surface area contributed by atoms with Crippen LogP contribution in [-0.2, 0) is 19.3 Å². The van der Waals surface area contributed by atoms with Crippen LogP contribution in [0.3, 0.4) is 0 Å². The third kappa shape index (κ3) is 5.66. The smallest absolute Gasteiger partial charge is 0.0409 e. The molecule has 1 heteroatoms. The molecule has 0 aliphatic rings. The van der Waals surface area contributed by atoms with E-state index in [1.54, 1.807) is 0 Å². The van der Waals surface area contributed by atoms with Crippen molar-refractivity contribution >= 4 is 0 Å². The first kappa shape index (κ1) is 15.2. The van der Waals surface area contributed by atoms with Gasteiger partial charge in [-0.2, -0.15) is 0 Å². The summed E-state index contributed by atoms with van der Waals surface area (Å²) in [5.74, 6) is 0. The second kappa shape index (κ2) is 9.13. The Labute approximate surface area is 113 Å². The van der Waals surface area contributed by atoms with Crippen LogP contribution in [0.25, 0.3) is 0 Å². The van der Waals surface area contributed by atoms with Crippen molar-refractivity contribution < 1.29 is 0 Å². The molecule has 0 aliphatic heterocycles. The summed E-state index contributed by atoms with van der Waals surface area (Å²) in [6.45, 7) is 8.41. The van der Waals surface area contributed by atoms with Gasteiger partial charge in [0.05, 0.1) is 0 Å². The first-order valence-corrected chi connectivity index (χ1v) is 7.58. The highest BCUT2D eigenvalue weighted by Gasteiger charge is 2.03. The zero-order valence-electron chi connectivity index (χ0n) is 12.2. The lowest BCUT2D eigenvalue weighted by molar-refractivity contribution is 0.738. The lowest BCUT2D eigenvalue weighted by atomic mass is 10.0. The van der Waals surface area contributed by atoms with E-state index >= 15 is 0 Å². The average Bonchev–Trinajstić information content (AvgIpc) is 2.40. The van der Waals surface area contributed by atoms with E-state index in [0.717, 1.165) is 25.7 Å². The molecule has 0 saturated carbocycles. The fourth-order valence-corrected chi connectivity index (χ4v) is 2.16. The van der Waals surface area contributed by atoms with Crippen LogP contribution >= 0.6 is 0 Å². The molecule has 18 heavy (non-hydrogen) atoms. The minimum atomic E-state index is 1.02. The van der Waals surface area contributed by atoms with Gasteiger partial charge in [0.1, 0.15) is 0 Å². The summed E-state index contributed by atoms with van der Waals surface area (Å²) >= 11 is 0. The third-order valence-electron chi connectivity index (χ3n) is 3.28. The van der Waals surface area contributed by atoms with Crippen molar-refractivity contribution in [2.24, 2.45) is 0 Å². The van der Waals surface area contributed by atoms with Crippen LogP contribution in [0.15, 0.2) is 12.1 Å². The van der Waals surface area contributed by atoms with E-state index in [-0.39, 0.29) is 0 Å². The SMILES string of the molecule is [CH2]CCCc1cc(CCCC)nc(CCCC)c1. The monoisotopic (exact) mass is 246 g/mol. The van der Waals surface area contributed by atoms with E-state index in [1.165, 1.54) is 49.1 Å². The van der Waals surface area contributed by atoms with E-state index in [1.807, 2.05) is 0 Å². The maximum atomic E-state index is 4.80. The number of rotatable bonds is 9. The van der Waals surface area contributed by atoms with Crippen LogP contribution in [0.2, 0.25) is 0 Å². The Balaban J connectivity index is 2.74. The molecule has 0 aliphatic carbocycles. The molecule has 0 spiro atoms.